The van der Waals surface area contributed by atoms with Crippen molar-refractivity contribution < 1.29 is 4.79 Å². The highest BCUT2D eigenvalue weighted by Gasteiger charge is 2.35. The second-order valence-corrected chi connectivity index (χ2v) is 6.03. The molecule has 0 spiro atoms. The lowest BCUT2D eigenvalue weighted by atomic mass is 9.71. The summed E-state index contributed by atoms with van der Waals surface area (Å²) in [5.41, 5.74) is 6.06. The Morgan fingerprint density at radius 1 is 1.22 bits per heavy atom. The molecular weight excluding hydrogens is 248 g/mol. The summed E-state index contributed by atoms with van der Waals surface area (Å²) in [6.45, 7) is 0.678. The van der Waals surface area contributed by atoms with Gasteiger partial charge >= 0.3 is 0 Å². The first kappa shape index (κ1) is 15.8. The van der Waals surface area contributed by atoms with E-state index < -0.39 is 0 Å². The van der Waals surface area contributed by atoms with Gasteiger partial charge in [0.05, 0.1) is 0 Å². The average molecular weight is 275 g/mol. The molecule has 0 aromatic carbocycles. The van der Waals surface area contributed by atoms with Crippen molar-refractivity contribution in [3.63, 3.8) is 0 Å². The second-order valence-electron chi connectivity index (χ2n) is 6.03. The SMILES string of the molecule is CN(C(=O)CC1(CN)CCCCC1)C1CCC1.Cl. The van der Waals surface area contributed by atoms with Gasteiger partial charge in [-0.05, 0) is 44.1 Å². The first-order chi connectivity index (χ1) is 8.17. The largest absolute Gasteiger partial charge is 0.343 e. The van der Waals surface area contributed by atoms with Gasteiger partial charge in [-0.3, -0.25) is 4.79 Å². The van der Waals surface area contributed by atoms with Gasteiger partial charge in [0.25, 0.3) is 0 Å². The summed E-state index contributed by atoms with van der Waals surface area (Å²) < 4.78 is 0. The fourth-order valence-electron chi connectivity index (χ4n) is 3.18. The lowest BCUT2D eigenvalue weighted by Gasteiger charge is -2.40. The van der Waals surface area contributed by atoms with Crippen molar-refractivity contribution in [1.29, 1.82) is 0 Å². The number of halogens is 1. The lowest BCUT2D eigenvalue weighted by Crippen LogP contribution is -2.45. The van der Waals surface area contributed by atoms with Gasteiger partial charge in [0.2, 0.25) is 5.91 Å². The van der Waals surface area contributed by atoms with Gasteiger partial charge in [-0.1, -0.05) is 19.3 Å². The maximum absolute atomic E-state index is 12.3. The second kappa shape index (κ2) is 6.76. The molecule has 18 heavy (non-hydrogen) atoms. The Bertz CT molecular complexity index is 273. The molecule has 4 heteroatoms. The highest BCUT2D eigenvalue weighted by Crippen LogP contribution is 2.39. The van der Waals surface area contributed by atoms with Crippen molar-refractivity contribution in [2.45, 2.75) is 63.8 Å². The molecule has 2 rings (SSSR count). The van der Waals surface area contributed by atoms with Gasteiger partial charge in [0.1, 0.15) is 0 Å². The van der Waals surface area contributed by atoms with Crippen molar-refractivity contribution in [3.05, 3.63) is 0 Å². The van der Waals surface area contributed by atoms with Gasteiger partial charge in [-0.15, -0.1) is 12.4 Å². The topological polar surface area (TPSA) is 46.3 Å². The molecule has 0 bridgehead atoms. The van der Waals surface area contributed by atoms with Crippen LogP contribution in [0, 0.1) is 5.41 Å². The number of hydrogen-bond donors (Lipinski definition) is 1. The Kier molecular flexibility index (Phi) is 5.93. The summed E-state index contributed by atoms with van der Waals surface area (Å²) in [6, 6.07) is 0.515. The van der Waals surface area contributed by atoms with Crippen LogP contribution in [0.25, 0.3) is 0 Å². The minimum Gasteiger partial charge on any atom is -0.343 e. The van der Waals surface area contributed by atoms with Gasteiger partial charge < -0.3 is 10.6 Å². The van der Waals surface area contributed by atoms with E-state index >= 15 is 0 Å². The van der Waals surface area contributed by atoms with E-state index in [1.54, 1.807) is 0 Å². The van der Waals surface area contributed by atoms with Crippen LogP contribution >= 0.6 is 12.4 Å². The molecule has 0 radical (unpaired) electrons. The Hall–Kier alpha value is -0.280. The number of amides is 1. The van der Waals surface area contributed by atoms with Gasteiger partial charge in [0.15, 0.2) is 0 Å². The van der Waals surface area contributed by atoms with Crippen molar-refractivity contribution in [1.82, 2.24) is 4.90 Å². The molecule has 0 aromatic heterocycles. The summed E-state index contributed by atoms with van der Waals surface area (Å²) in [4.78, 5) is 14.3. The molecule has 3 nitrogen and oxygen atoms in total. The third-order valence-electron chi connectivity index (χ3n) is 4.89. The quantitative estimate of drug-likeness (QED) is 0.857. The van der Waals surface area contributed by atoms with Crippen LogP contribution in [-0.2, 0) is 4.79 Å². The van der Waals surface area contributed by atoms with E-state index in [0.717, 1.165) is 12.8 Å². The highest BCUT2D eigenvalue weighted by molar-refractivity contribution is 5.85. The summed E-state index contributed by atoms with van der Waals surface area (Å²) in [5.74, 6) is 0.321. The Balaban J connectivity index is 0.00000162. The number of nitrogens with zero attached hydrogens (tertiary/aromatic N) is 1. The van der Waals surface area contributed by atoms with Crippen LogP contribution in [0.3, 0.4) is 0 Å². The lowest BCUT2D eigenvalue weighted by molar-refractivity contribution is -0.136. The molecule has 0 saturated heterocycles. The molecule has 0 heterocycles. The van der Waals surface area contributed by atoms with E-state index in [4.69, 9.17) is 5.73 Å². The number of hydrogen-bond acceptors (Lipinski definition) is 2. The predicted octanol–water partition coefficient (Wildman–Crippen LogP) is 2.72. The van der Waals surface area contributed by atoms with E-state index in [1.165, 1.54) is 38.5 Å². The third kappa shape index (κ3) is 3.39. The molecule has 2 saturated carbocycles. The number of carbonyl (C=O) groups excluding carboxylic acids is 1. The molecule has 2 aliphatic rings. The van der Waals surface area contributed by atoms with Gasteiger partial charge in [-0.2, -0.15) is 0 Å². The zero-order chi connectivity index (χ0) is 12.3. The predicted molar refractivity (Wildman–Crippen MR) is 76.8 cm³/mol. The van der Waals surface area contributed by atoms with Crippen LogP contribution in [0.4, 0.5) is 0 Å². The molecule has 0 aromatic rings. The fraction of sp³-hybridized carbons (Fsp3) is 0.929. The number of carbonyl (C=O) groups is 1. The number of nitrogens with two attached hydrogens (primary N) is 1. The summed E-state index contributed by atoms with van der Waals surface area (Å²) in [6.07, 6.45) is 10.4. The Morgan fingerprint density at radius 2 is 1.83 bits per heavy atom. The first-order valence-electron chi connectivity index (χ1n) is 7.13. The molecule has 0 unspecified atom stereocenters. The Labute approximate surface area is 117 Å². The first-order valence-corrected chi connectivity index (χ1v) is 7.13. The molecular formula is C14H27ClN2O. The summed E-state index contributed by atoms with van der Waals surface area (Å²) in [5, 5.41) is 0. The average Bonchev–Trinajstić information content (AvgIpc) is 2.28. The summed E-state index contributed by atoms with van der Waals surface area (Å²) >= 11 is 0. The van der Waals surface area contributed by atoms with Crippen molar-refractivity contribution >= 4 is 18.3 Å². The maximum atomic E-state index is 12.3. The normalized spacial score (nSPS) is 22.8. The highest BCUT2D eigenvalue weighted by atomic mass is 35.5. The van der Waals surface area contributed by atoms with E-state index in [1.807, 2.05) is 11.9 Å². The minimum absolute atomic E-state index is 0. The third-order valence-corrected chi connectivity index (χ3v) is 4.89. The molecule has 106 valence electrons. The maximum Gasteiger partial charge on any atom is 0.223 e. The van der Waals surface area contributed by atoms with Crippen molar-refractivity contribution in [2.24, 2.45) is 11.1 Å². The van der Waals surface area contributed by atoms with Crippen LogP contribution in [0.15, 0.2) is 0 Å². The number of rotatable bonds is 4. The zero-order valence-corrected chi connectivity index (χ0v) is 12.3. The Morgan fingerprint density at radius 3 is 2.28 bits per heavy atom. The van der Waals surface area contributed by atoms with Crippen LogP contribution in [0.1, 0.15) is 57.8 Å². The van der Waals surface area contributed by atoms with Gasteiger partial charge in [-0.25, -0.2) is 0 Å². The van der Waals surface area contributed by atoms with E-state index in [0.29, 0.717) is 24.9 Å². The smallest absolute Gasteiger partial charge is 0.223 e. The molecule has 2 aliphatic carbocycles. The van der Waals surface area contributed by atoms with Crippen LogP contribution < -0.4 is 5.73 Å². The van der Waals surface area contributed by atoms with E-state index in [-0.39, 0.29) is 17.8 Å². The summed E-state index contributed by atoms with van der Waals surface area (Å²) in [7, 11) is 1.97. The standard InChI is InChI=1S/C14H26N2O.ClH/c1-16(12-6-5-7-12)13(17)10-14(11-15)8-3-2-4-9-14;/h12H,2-11,15H2,1H3;1H. The van der Waals surface area contributed by atoms with Crippen LogP contribution in [0.2, 0.25) is 0 Å². The minimum atomic E-state index is 0. The monoisotopic (exact) mass is 274 g/mol. The molecule has 2 fully saturated rings. The van der Waals surface area contributed by atoms with Crippen LogP contribution in [0.5, 0.6) is 0 Å². The fourth-order valence-corrected chi connectivity index (χ4v) is 3.18. The van der Waals surface area contributed by atoms with Crippen LogP contribution in [-0.4, -0.2) is 30.4 Å². The van der Waals surface area contributed by atoms with Crippen molar-refractivity contribution in [3.8, 4) is 0 Å². The molecule has 0 aliphatic heterocycles. The van der Waals surface area contributed by atoms with E-state index in [2.05, 4.69) is 0 Å². The van der Waals surface area contributed by atoms with E-state index in [9.17, 15) is 4.79 Å². The zero-order valence-electron chi connectivity index (χ0n) is 11.5. The van der Waals surface area contributed by atoms with Gasteiger partial charge in [0, 0.05) is 19.5 Å². The molecule has 2 N–H and O–H groups in total. The van der Waals surface area contributed by atoms with Crippen molar-refractivity contribution in [2.75, 3.05) is 13.6 Å². The molecule has 0 atom stereocenters. The molecule has 1 amide bonds.